The average molecular weight is 479 g/mol. The number of hydrogen-bond acceptors (Lipinski definition) is 3. The molecule has 1 aliphatic rings. The summed E-state index contributed by atoms with van der Waals surface area (Å²) in [4.78, 5) is 5.13. The lowest BCUT2D eigenvalue weighted by Gasteiger charge is -2.22. The third-order valence-electron chi connectivity index (χ3n) is 7.26. The van der Waals surface area contributed by atoms with Crippen molar-refractivity contribution in [3.8, 4) is 5.75 Å². The van der Waals surface area contributed by atoms with Crippen LogP contribution in [-0.4, -0.2) is 12.4 Å². The van der Waals surface area contributed by atoms with Gasteiger partial charge in [0.05, 0.1) is 6.61 Å². The Labute approximate surface area is 215 Å². The van der Waals surface area contributed by atoms with Gasteiger partial charge in [-0.25, -0.2) is 4.99 Å². The van der Waals surface area contributed by atoms with Crippen molar-refractivity contribution in [3.05, 3.63) is 78.4 Å². The van der Waals surface area contributed by atoms with Crippen LogP contribution in [0.2, 0.25) is 0 Å². The van der Waals surface area contributed by atoms with Crippen molar-refractivity contribution in [2.45, 2.75) is 71.1 Å². The van der Waals surface area contributed by atoms with Crippen LogP contribution >= 0.6 is 0 Å². The summed E-state index contributed by atoms with van der Waals surface area (Å²) in [5.74, 6) is 1.76. The van der Waals surface area contributed by atoms with Crippen LogP contribution in [0, 0.1) is 0 Å². The summed E-state index contributed by atoms with van der Waals surface area (Å²) in [5.41, 5.74) is 3.14. The molecule has 1 heterocycles. The van der Waals surface area contributed by atoms with Crippen LogP contribution in [0.25, 0.3) is 21.5 Å². The summed E-state index contributed by atoms with van der Waals surface area (Å²) in [5, 5.41) is 8.34. The van der Waals surface area contributed by atoms with E-state index in [4.69, 9.17) is 9.73 Å². The molecule has 4 aromatic rings. The van der Waals surface area contributed by atoms with Crippen molar-refractivity contribution in [1.82, 2.24) is 0 Å². The van der Waals surface area contributed by atoms with Gasteiger partial charge in [-0.3, -0.25) is 0 Å². The van der Waals surface area contributed by atoms with Gasteiger partial charge in [0, 0.05) is 16.6 Å². The lowest BCUT2D eigenvalue weighted by molar-refractivity contribution is 0.305. The first-order valence-corrected chi connectivity index (χ1v) is 13.9. The number of rotatable bonds is 13. The highest BCUT2D eigenvalue weighted by Crippen LogP contribution is 2.43. The molecule has 0 aliphatic carbocycles. The molecule has 3 heteroatoms. The largest absolute Gasteiger partial charge is 0.491 e. The number of unbranched alkanes of at least 4 members (excludes halogenated alkanes) is 9. The summed E-state index contributed by atoms with van der Waals surface area (Å²) in [6.45, 7) is 3.02. The van der Waals surface area contributed by atoms with Gasteiger partial charge in [0.15, 0.2) is 0 Å². The van der Waals surface area contributed by atoms with E-state index >= 15 is 0 Å². The van der Waals surface area contributed by atoms with E-state index in [-0.39, 0.29) is 0 Å². The maximum atomic E-state index is 6.33. The van der Waals surface area contributed by atoms with Crippen LogP contribution < -0.4 is 10.1 Å². The molecule has 4 aromatic carbocycles. The number of ether oxygens (including phenoxy) is 1. The lowest BCUT2D eigenvalue weighted by atomic mass is 10.0. The lowest BCUT2D eigenvalue weighted by Crippen LogP contribution is -2.17. The minimum Gasteiger partial charge on any atom is -0.491 e. The Morgan fingerprint density at radius 1 is 0.667 bits per heavy atom. The molecular formula is C33H38N2O. The Bertz CT molecular complexity index is 1340. The van der Waals surface area contributed by atoms with E-state index in [2.05, 4.69) is 85.0 Å². The van der Waals surface area contributed by atoms with Crippen molar-refractivity contribution >= 4 is 38.8 Å². The molecule has 0 atom stereocenters. The quantitative estimate of drug-likeness (QED) is 0.194. The van der Waals surface area contributed by atoms with Crippen LogP contribution in [0.3, 0.4) is 0 Å². The van der Waals surface area contributed by atoms with Gasteiger partial charge < -0.3 is 10.1 Å². The second-order valence-corrected chi connectivity index (χ2v) is 9.96. The number of anilines is 1. The predicted molar refractivity (Wildman–Crippen MR) is 155 cm³/mol. The molecule has 0 amide bonds. The van der Waals surface area contributed by atoms with Crippen LogP contribution in [0.4, 0.5) is 11.4 Å². The SMILES string of the molecule is CCCCCCCCCCCCOc1ccc2cccc3c2c1N=C(c1cccc2ccccc12)N3. The first-order valence-electron chi connectivity index (χ1n) is 13.9. The van der Waals surface area contributed by atoms with Crippen LogP contribution in [0.1, 0.15) is 76.7 Å². The molecule has 1 N–H and O–H groups in total. The standard InChI is InChI=1S/C33H38N2O/c1-2-3-4-5-6-7-8-9-10-13-24-36-30-23-22-26-18-15-21-29-31(26)32(30)35-33(34-29)28-20-14-17-25-16-11-12-19-27(25)28/h11-12,14-23H,2-10,13,24H2,1H3,(H,34,35). The summed E-state index contributed by atoms with van der Waals surface area (Å²) >= 11 is 0. The molecule has 186 valence electrons. The Hall–Kier alpha value is -3.33. The first-order chi connectivity index (χ1) is 17.8. The van der Waals surface area contributed by atoms with E-state index < -0.39 is 0 Å². The molecule has 5 rings (SSSR count). The average Bonchev–Trinajstić information content (AvgIpc) is 2.92. The molecule has 1 aliphatic heterocycles. The first kappa shape index (κ1) is 24.4. The van der Waals surface area contributed by atoms with Crippen molar-refractivity contribution in [2.24, 2.45) is 4.99 Å². The summed E-state index contributed by atoms with van der Waals surface area (Å²) in [6, 6.07) is 25.5. The summed E-state index contributed by atoms with van der Waals surface area (Å²) in [6.07, 6.45) is 13.3. The predicted octanol–water partition coefficient (Wildman–Crippen LogP) is 9.80. The smallest absolute Gasteiger partial charge is 0.145 e. The van der Waals surface area contributed by atoms with E-state index in [1.165, 1.54) is 73.9 Å². The van der Waals surface area contributed by atoms with Crippen LogP contribution in [-0.2, 0) is 0 Å². The van der Waals surface area contributed by atoms with Crippen molar-refractivity contribution in [3.63, 3.8) is 0 Å². The molecule has 0 bridgehead atoms. The molecular weight excluding hydrogens is 440 g/mol. The monoisotopic (exact) mass is 478 g/mol. The van der Waals surface area contributed by atoms with E-state index in [9.17, 15) is 0 Å². The maximum absolute atomic E-state index is 6.33. The third-order valence-corrected chi connectivity index (χ3v) is 7.26. The number of nitrogens with one attached hydrogen (secondary N) is 1. The van der Waals surface area contributed by atoms with Gasteiger partial charge in [-0.2, -0.15) is 0 Å². The zero-order valence-corrected chi connectivity index (χ0v) is 21.6. The molecule has 36 heavy (non-hydrogen) atoms. The third kappa shape index (κ3) is 5.56. The van der Waals surface area contributed by atoms with Crippen LogP contribution in [0.15, 0.2) is 77.8 Å². The number of fused-ring (bicyclic) bond motifs is 1. The summed E-state index contributed by atoms with van der Waals surface area (Å²) in [7, 11) is 0. The fourth-order valence-electron chi connectivity index (χ4n) is 5.27. The Morgan fingerprint density at radius 3 is 2.19 bits per heavy atom. The summed E-state index contributed by atoms with van der Waals surface area (Å²) < 4.78 is 6.33. The molecule has 0 fully saturated rings. The van der Waals surface area contributed by atoms with Gasteiger partial charge in [0.25, 0.3) is 0 Å². The van der Waals surface area contributed by atoms with Gasteiger partial charge in [-0.1, -0.05) is 125 Å². The van der Waals surface area contributed by atoms with Crippen molar-refractivity contribution < 1.29 is 4.74 Å². The van der Waals surface area contributed by atoms with E-state index in [1.54, 1.807) is 0 Å². The molecule has 0 saturated carbocycles. The van der Waals surface area contributed by atoms with Crippen LogP contribution in [0.5, 0.6) is 5.75 Å². The maximum Gasteiger partial charge on any atom is 0.145 e. The molecule has 0 saturated heterocycles. The number of aliphatic imine (C=N–C) groups is 1. The molecule has 0 aromatic heterocycles. The highest BCUT2D eigenvalue weighted by Gasteiger charge is 2.20. The van der Waals surface area contributed by atoms with E-state index in [0.29, 0.717) is 0 Å². The molecule has 0 unspecified atom stereocenters. The number of nitrogens with zero attached hydrogens (tertiary/aromatic N) is 1. The fourth-order valence-corrected chi connectivity index (χ4v) is 5.27. The van der Waals surface area contributed by atoms with E-state index in [0.717, 1.165) is 46.9 Å². The second kappa shape index (κ2) is 12.1. The zero-order valence-electron chi connectivity index (χ0n) is 21.6. The molecule has 0 spiro atoms. The Balaban J connectivity index is 1.27. The Morgan fingerprint density at radius 2 is 1.36 bits per heavy atom. The molecule has 0 radical (unpaired) electrons. The van der Waals surface area contributed by atoms with Gasteiger partial charge in [0.2, 0.25) is 0 Å². The molecule has 3 nitrogen and oxygen atoms in total. The van der Waals surface area contributed by atoms with Gasteiger partial charge in [-0.05, 0) is 34.7 Å². The van der Waals surface area contributed by atoms with E-state index in [1.807, 2.05) is 0 Å². The second-order valence-electron chi connectivity index (χ2n) is 9.96. The van der Waals surface area contributed by atoms with Gasteiger partial charge in [-0.15, -0.1) is 0 Å². The number of amidine groups is 1. The van der Waals surface area contributed by atoms with Gasteiger partial charge in [0.1, 0.15) is 17.3 Å². The Kier molecular flexibility index (Phi) is 8.17. The zero-order chi connectivity index (χ0) is 24.6. The number of benzene rings is 4. The highest BCUT2D eigenvalue weighted by molar-refractivity contribution is 6.23. The van der Waals surface area contributed by atoms with Crippen molar-refractivity contribution in [2.75, 3.05) is 11.9 Å². The van der Waals surface area contributed by atoms with Crippen molar-refractivity contribution in [1.29, 1.82) is 0 Å². The fraction of sp³-hybridized carbons (Fsp3) is 0.364. The minimum absolute atomic E-state index is 0.740. The number of hydrogen-bond donors (Lipinski definition) is 1. The minimum atomic E-state index is 0.740. The normalized spacial score (nSPS) is 12.5. The van der Waals surface area contributed by atoms with Gasteiger partial charge >= 0.3 is 0 Å². The topological polar surface area (TPSA) is 33.6 Å². The highest BCUT2D eigenvalue weighted by atomic mass is 16.5.